The number of aromatic nitrogens is 2. The molecule has 0 aliphatic rings. The van der Waals surface area contributed by atoms with Crippen LogP contribution < -0.4 is 25.1 Å². The first-order valence-electron chi connectivity index (χ1n) is 10.3. The first kappa shape index (κ1) is 24.8. The van der Waals surface area contributed by atoms with Crippen LogP contribution in [0.2, 0.25) is 0 Å². The van der Waals surface area contributed by atoms with Crippen molar-refractivity contribution >= 4 is 29.4 Å². The number of carbonyl (C=O) groups is 1. The Balaban J connectivity index is 1.68. The zero-order valence-corrected chi connectivity index (χ0v) is 18.8. The largest absolute Gasteiger partial charge is 0.493 e. The van der Waals surface area contributed by atoms with Crippen LogP contribution in [-0.2, 0) is 4.79 Å². The summed E-state index contributed by atoms with van der Waals surface area (Å²) in [5.74, 6) is -0.256. The van der Waals surface area contributed by atoms with Gasteiger partial charge in [-0.15, -0.1) is 0 Å². The predicted molar refractivity (Wildman–Crippen MR) is 127 cm³/mol. The van der Waals surface area contributed by atoms with Gasteiger partial charge in [-0.3, -0.25) is 19.7 Å². The lowest BCUT2D eigenvalue weighted by atomic mass is 10.2. The lowest BCUT2D eigenvalue weighted by Gasteiger charge is -2.13. The van der Waals surface area contributed by atoms with Crippen LogP contribution in [0.15, 0.2) is 47.3 Å². The van der Waals surface area contributed by atoms with Crippen molar-refractivity contribution in [1.29, 1.82) is 0 Å². The number of amides is 1. The molecule has 12 heteroatoms. The van der Waals surface area contributed by atoms with E-state index in [4.69, 9.17) is 14.2 Å². The molecule has 0 spiro atoms. The lowest BCUT2D eigenvalue weighted by Crippen LogP contribution is -2.20. The van der Waals surface area contributed by atoms with Gasteiger partial charge in [-0.05, 0) is 42.8 Å². The number of nitrogens with zero attached hydrogens (tertiary/aromatic N) is 2. The molecule has 0 unspecified atom stereocenters. The number of nitrogens with one attached hydrogen (secondary N) is 2. The number of carbonyl (C=O) groups excluding carboxylic acids is 1. The Morgan fingerprint density at radius 2 is 1.94 bits per heavy atom. The van der Waals surface area contributed by atoms with Crippen molar-refractivity contribution in [3.8, 4) is 23.1 Å². The number of methoxy groups -OCH3 is 1. The molecule has 2 aromatic carbocycles. The zero-order chi connectivity index (χ0) is 25.4. The maximum atomic E-state index is 12.3. The number of ether oxygens (including phenoxy) is 3. The van der Waals surface area contributed by atoms with E-state index in [-0.39, 0.29) is 12.4 Å². The Kier molecular flexibility index (Phi) is 8.01. The maximum absolute atomic E-state index is 12.3. The van der Waals surface area contributed by atoms with Gasteiger partial charge in [-0.2, -0.15) is 4.98 Å². The van der Waals surface area contributed by atoms with E-state index in [9.17, 15) is 24.8 Å². The van der Waals surface area contributed by atoms with Crippen LogP contribution in [0.4, 0.5) is 11.4 Å². The van der Waals surface area contributed by atoms with E-state index >= 15 is 0 Å². The molecule has 3 N–H and O–H groups in total. The topological polar surface area (TPSA) is 166 Å². The molecular formula is C23H22N4O8. The molecule has 1 heterocycles. The van der Waals surface area contributed by atoms with Crippen LogP contribution in [0.3, 0.4) is 0 Å². The molecule has 0 bridgehead atoms. The molecule has 0 aliphatic heterocycles. The van der Waals surface area contributed by atoms with Crippen molar-refractivity contribution in [2.45, 2.75) is 6.92 Å². The van der Waals surface area contributed by atoms with E-state index in [0.29, 0.717) is 35.1 Å². The quantitative estimate of drug-likeness (QED) is 0.291. The van der Waals surface area contributed by atoms with Gasteiger partial charge in [0.05, 0.1) is 24.3 Å². The summed E-state index contributed by atoms with van der Waals surface area (Å²) in [6.07, 6.45) is 2.89. The summed E-state index contributed by atoms with van der Waals surface area (Å²) >= 11 is 0. The van der Waals surface area contributed by atoms with Crippen molar-refractivity contribution in [1.82, 2.24) is 9.97 Å². The summed E-state index contributed by atoms with van der Waals surface area (Å²) in [6.45, 7) is 2.02. The monoisotopic (exact) mass is 482 g/mol. The van der Waals surface area contributed by atoms with Gasteiger partial charge in [0.25, 0.3) is 11.8 Å². The number of aromatic hydroxyl groups is 1. The smallest absolute Gasteiger partial charge is 0.395 e. The van der Waals surface area contributed by atoms with E-state index < -0.39 is 28.0 Å². The number of para-hydroxylation sites is 2. The van der Waals surface area contributed by atoms with Crippen LogP contribution in [0, 0.1) is 10.1 Å². The highest BCUT2D eigenvalue weighted by atomic mass is 16.6. The molecule has 1 aromatic heterocycles. The van der Waals surface area contributed by atoms with Gasteiger partial charge in [0.2, 0.25) is 0 Å². The van der Waals surface area contributed by atoms with E-state index in [0.717, 1.165) is 0 Å². The van der Waals surface area contributed by atoms with Crippen LogP contribution in [0.5, 0.6) is 23.1 Å². The fourth-order valence-corrected chi connectivity index (χ4v) is 2.98. The van der Waals surface area contributed by atoms with Gasteiger partial charge < -0.3 is 29.6 Å². The first-order chi connectivity index (χ1) is 16.8. The van der Waals surface area contributed by atoms with E-state index in [2.05, 4.69) is 15.3 Å². The fraction of sp³-hybridized carbons (Fsp3) is 0.174. The second kappa shape index (κ2) is 11.3. The van der Waals surface area contributed by atoms with E-state index in [1.54, 1.807) is 42.5 Å². The third-order valence-electron chi connectivity index (χ3n) is 4.52. The Morgan fingerprint density at radius 3 is 2.63 bits per heavy atom. The third kappa shape index (κ3) is 6.35. The maximum Gasteiger partial charge on any atom is 0.395 e. The highest BCUT2D eigenvalue weighted by molar-refractivity contribution is 5.93. The first-order valence-corrected chi connectivity index (χ1v) is 10.3. The third-order valence-corrected chi connectivity index (χ3v) is 4.52. The molecule has 0 radical (unpaired) electrons. The Morgan fingerprint density at radius 1 is 1.17 bits per heavy atom. The molecule has 35 heavy (non-hydrogen) atoms. The number of anilines is 1. The standard InChI is InChI=1S/C23H22N4O8/c1-3-34-16-7-5-4-6-15(16)24-20(28)13-35-17-10-8-14(12-18(17)33-2)9-11-19-25-22(29)21(27(31)32)23(30)26-19/h4-12H,3,13H2,1-2H3,(H,24,28)(H2,25,26,29,30)/b11-9-. The van der Waals surface area contributed by atoms with E-state index in [1.807, 2.05) is 6.92 Å². The molecule has 0 atom stereocenters. The summed E-state index contributed by atoms with van der Waals surface area (Å²) in [7, 11) is 1.43. The average Bonchev–Trinajstić information content (AvgIpc) is 2.82. The summed E-state index contributed by atoms with van der Waals surface area (Å²) in [5.41, 5.74) is -0.981. The van der Waals surface area contributed by atoms with Gasteiger partial charge in [-0.1, -0.05) is 24.3 Å². The normalized spacial score (nSPS) is 10.7. The number of aromatic amines is 1. The zero-order valence-electron chi connectivity index (χ0n) is 18.8. The van der Waals surface area contributed by atoms with Crippen molar-refractivity contribution in [2.24, 2.45) is 0 Å². The van der Waals surface area contributed by atoms with Gasteiger partial charge >= 0.3 is 11.2 Å². The minimum atomic E-state index is -1.08. The van der Waals surface area contributed by atoms with Crippen molar-refractivity contribution < 1.29 is 29.0 Å². The molecule has 182 valence electrons. The van der Waals surface area contributed by atoms with Crippen molar-refractivity contribution in [3.63, 3.8) is 0 Å². The molecular weight excluding hydrogens is 460 g/mol. The van der Waals surface area contributed by atoms with Crippen LogP contribution in [0.25, 0.3) is 12.2 Å². The Hall–Kier alpha value is -4.87. The highest BCUT2D eigenvalue weighted by Crippen LogP contribution is 2.29. The second-order valence-corrected chi connectivity index (χ2v) is 6.89. The molecule has 3 rings (SSSR count). The summed E-state index contributed by atoms with van der Waals surface area (Å²) in [6, 6.07) is 11.9. The molecule has 1 amide bonds. The molecule has 0 fully saturated rings. The molecule has 3 aromatic rings. The minimum absolute atomic E-state index is 0.0820. The number of nitro groups is 1. The number of H-pyrrole nitrogens is 1. The number of benzene rings is 2. The Bertz CT molecular complexity index is 1320. The number of hydrogen-bond acceptors (Lipinski definition) is 9. The number of rotatable bonds is 10. The lowest BCUT2D eigenvalue weighted by molar-refractivity contribution is -0.387. The van der Waals surface area contributed by atoms with Crippen LogP contribution >= 0.6 is 0 Å². The van der Waals surface area contributed by atoms with Gasteiger partial charge in [-0.25, -0.2) is 0 Å². The molecule has 0 aliphatic carbocycles. The van der Waals surface area contributed by atoms with Crippen LogP contribution in [0.1, 0.15) is 18.3 Å². The van der Waals surface area contributed by atoms with Gasteiger partial charge in [0, 0.05) is 0 Å². The SMILES string of the molecule is CCOc1ccccc1NC(=O)COc1ccc(/C=C\c2nc(O)c([N+](=O)[O-])c(=O)[nH]2)cc1OC. The Labute approximate surface area is 199 Å². The molecule has 12 nitrogen and oxygen atoms in total. The minimum Gasteiger partial charge on any atom is -0.493 e. The van der Waals surface area contributed by atoms with Gasteiger partial charge in [0.15, 0.2) is 18.1 Å². The summed E-state index contributed by atoms with van der Waals surface area (Å²) in [4.78, 5) is 39.7. The second-order valence-electron chi connectivity index (χ2n) is 6.89. The average molecular weight is 482 g/mol. The fourth-order valence-electron chi connectivity index (χ4n) is 2.98. The van der Waals surface area contributed by atoms with Crippen LogP contribution in [-0.4, -0.2) is 46.2 Å². The summed E-state index contributed by atoms with van der Waals surface area (Å²) in [5, 5.41) is 23.1. The molecule has 0 saturated carbocycles. The van der Waals surface area contributed by atoms with Crippen molar-refractivity contribution in [2.75, 3.05) is 25.6 Å². The molecule has 0 saturated heterocycles. The summed E-state index contributed by atoms with van der Waals surface area (Å²) < 4.78 is 16.4. The highest BCUT2D eigenvalue weighted by Gasteiger charge is 2.21. The number of hydrogen-bond donors (Lipinski definition) is 3. The van der Waals surface area contributed by atoms with Gasteiger partial charge in [0.1, 0.15) is 11.6 Å². The van der Waals surface area contributed by atoms with E-state index in [1.165, 1.54) is 19.3 Å². The van der Waals surface area contributed by atoms with Crippen molar-refractivity contribution in [3.05, 3.63) is 74.3 Å². The predicted octanol–water partition coefficient (Wildman–Crippen LogP) is 2.98.